The minimum Gasteiger partial charge on any atom is -0.508 e. The molecule has 2 aromatic heterocycles. The van der Waals surface area contributed by atoms with E-state index < -0.39 is 5.63 Å². The standard InChI is InChI=1S/C18H19NO4S/c1-12-16(20)5-4-15-13(9-17(21)23-18(12)15)10-19-6-8-24-11-14-3-2-7-22-14/h2-5,7,9,19-20H,6,8,10-11H2,1H3. The number of thioether (sulfide) groups is 1. The second kappa shape index (κ2) is 7.59. The van der Waals surface area contributed by atoms with Crippen LogP contribution < -0.4 is 10.9 Å². The lowest BCUT2D eigenvalue weighted by Crippen LogP contribution is -2.18. The predicted molar refractivity (Wildman–Crippen MR) is 95.5 cm³/mol. The van der Waals surface area contributed by atoms with Crippen molar-refractivity contribution >= 4 is 22.7 Å². The number of nitrogens with one attached hydrogen (secondary N) is 1. The summed E-state index contributed by atoms with van der Waals surface area (Å²) < 4.78 is 10.5. The molecule has 0 aliphatic rings. The van der Waals surface area contributed by atoms with Crippen molar-refractivity contribution in [2.45, 2.75) is 19.2 Å². The highest BCUT2D eigenvalue weighted by atomic mass is 32.2. The first kappa shape index (κ1) is 16.7. The first-order chi connectivity index (χ1) is 11.6. The molecule has 0 saturated carbocycles. The van der Waals surface area contributed by atoms with Crippen molar-refractivity contribution in [2.24, 2.45) is 0 Å². The van der Waals surface area contributed by atoms with Gasteiger partial charge < -0.3 is 19.3 Å². The van der Waals surface area contributed by atoms with Gasteiger partial charge in [-0.05, 0) is 36.8 Å². The molecule has 0 aliphatic carbocycles. The van der Waals surface area contributed by atoms with E-state index in [0.29, 0.717) is 17.7 Å². The molecule has 0 amide bonds. The summed E-state index contributed by atoms with van der Waals surface area (Å²) in [6.07, 6.45) is 1.68. The van der Waals surface area contributed by atoms with Crippen LogP contribution in [0.3, 0.4) is 0 Å². The van der Waals surface area contributed by atoms with Crippen molar-refractivity contribution in [2.75, 3.05) is 12.3 Å². The number of furan rings is 1. The fourth-order valence-electron chi connectivity index (χ4n) is 2.50. The number of benzene rings is 1. The van der Waals surface area contributed by atoms with Crippen molar-refractivity contribution in [1.82, 2.24) is 5.32 Å². The molecule has 0 atom stereocenters. The molecule has 0 bridgehead atoms. The van der Waals surface area contributed by atoms with Gasteiger partial charge in [-0.15, -0.1) is 0 Å². The Morgan fingerprint density at radius 2 is 2.17 bits per heavy atom. The number of rotatable bonds is 7. The molecule has 3 aromatic rings. The monoisotopic (exact) mass is 345 g/mol. The molecule has 2 N–H and O–H groups in total. The molecule has 24 heavy (non-hydrogen) atoms. The van der Waals surface area contributed by atoms with Gasteiger partial charge in [0, 0.05) is 35.9 Å². The number of hydrogen-bond acceptors (Lipinski definition) is 6. The van der Waals surface area contributed by atoms with Crippen LogP contribution in [-0.2, 0) is 12.3 Å². The minimum absolute atomic E-state index is 0.130. The summed E-state index contributed by atoms with van der Waals surface area (Å²) in [5.41, 5.74) is 1.51. The quantitative estimate of drug-likeness (QED) is 0.505. The normalized spacial score (nSPS) is 11.2. The number of aromatic hydroxyl groups is 1. The van der Waals surface area contributed by atoms with Crippen molar-refractivity contribution in [1.29, 1.82) is 0 Å². The minimum atomic E-state index is -0.403. The number of phenols is 1. The van der Waals surface area contributed by atoms with Gasteiger partial charge in [0.1, 0.15) is 17.1 Å². The van der Waals surface area contributed by atoms with E-state index in [1.54, 1.807) is 37.1 Å². The Kier molecular flexibility index (Phi) is 5.27. The van der Waals surface area contributed by atoms with Crippen LogP contribution in [0, 0.1) is 6.92 Å². The van der Waals surface area contributed by atoms with Gasteiger partial charge in [-0.2, -0.15) is 11.8 Å². The van der Waals surface area contributed by atoms with E-state index in [1.165, 1.54) is 6.07 Å². The van der Waals surface area contributed by atoms with E-state index in [0.717, 1.165) is 34.8 Å². The molecule has 3 rings (SSSR count). The molecule has 126 valence electrons. The summed E-state index contributed by atoms with van der Waals surface area (Å²) >= 11 is 1.79. The molecule has 1 aromatic carbocycles. The number of phenolic OH excluding ortho intramolecular Hbond substituents is 1. The van der Waals surface area contributed by atoms with Crippen molar-refractivity contribution in [3.8, 4) is 5.75 Å². The molecule has 0 aliphatic heterocycles. The summed E-state index contributed by atoms with van der Waals surface area (Å²) in [6, 6.07) is 8.76. The Morgan fingerprint density at radius 1 is 1.29 bits per heavy atom. The van der Waals surface area contributed by atoms with Crippen LogP contribution >= 0.6 is 11.8 Å². The summed E-state index contributed by atoms with van der Waals surface area (Å²) in [5.74, 6) is 2.90. The maximum Gasteiger partial charge on any atom is 0.336 e. The average molecular weight is 345 g/mol. The fourth-order valence-corrected chi connectivity index (χ4v) is 3.30. The van der Waals surface area contributed by atoms with Gasteiger partial charge in [-0.1, -0.05) is 0 Å². The van der Waals surface area contributed by atoms with Crippen LogP contribution in [0.25, 0.3) is 11.0 Å². The summed E-state index contributed by atoms with van der Waals surface area (Å²) in [5, 5.41) is 14.0. The topological polar surface area (TPSA) is 75.6 Å². The van der Waals surface area contributed by atoms with Crippen LogP contribution in [0.5, 0.6) is 5.75 Å². The van der Waals surface area contributed by atoms with Gasteiger partial charge in [-0.25, -0.2) is 4.79 Å². The fraction of sp³-hybridized carbons (Fsp3) is 0.278. The summed E-state index contributed by atoms with van der Waals surface area (Å²) in [6.45, 7) is 3.14. The molecule has 6 heteroatoms. The largest absolute Gasteiger partial charge is 0.508 e. The Bertz CT molecular complexity index is 871. The third kappa shape index (κ3) is 3.83. The molecule has 0 fully saturated rings. The Balaban J connectivity index is 1.59. The first-order valence-electron chi connectivity index (χ1n) is 7.71. The van der Waals surface area contributed by atoms with Crippen LogP contribution in [0.1, 0.15) is 16.9 Å². The van der Waals surface area contributed by atoms with E-state index >= 15 is 0 Å². The number of fused-ring (bicyclic) bond motifs is 1. The lowest BCUT2D eigenvalue weighted by atomic mass is 10.1. The Hall–Kier alpha value is -2.18. The lowest BCUT2D eigenvalue weighted by molar-refractivity contribution is 0.468. The number of hydrogen-bond donors (Lipinski definition) is 2. The molecular weight excluding hydrogens is 326 g/mol. The van der Waals surface area contributed by atoms with E-state index in [9.17, 15) is 9.90 Å². The highest BCUT2D eigenvalue weighted by Crippen LogP contribution is 2.27. The molecule has 0 unspecified atom stereocenters. The second-order valence-corrected chi connectivity index (χ2v) is 6.59. The SMILES string of the molecule is Cc1c(O)ccc2c(CNCCSCc3ccco3)cc(=O)oc12. The second-order valence-electron chi connectivity index (χ2n) is 5.49. The average Bonchev–Trinajstić information content (AvgIpc) is 3.08. The smallest absolute Gasteiger partial charge is 0.336 e. The van der Waals surface area contributed by atoms with Gasteiger partial charge in [-0.3, -0.25) is 0 Å². The Labute approximate surface area is 143 Å². The molecule has 0 spiro atoms. The van der Waals surface area contributed by atoms with Gasteiger partial charge in [0.2, 0.25) is 0 Å². The molecular formula is C18H19NO4S. The van der Waals surface area contributed by atoms with Gasteiger partial charge in [0.05, 0.1) is 12.0 Å². The molecule has 5 nitrogen and oxygen atoms in total. The van der Waals surface area contributed by atoms with Gasteiger partial charge in [0.15, 0.2) is 0 Å². The predicted octanol–water partition coefficient (Wildman–Crippen LogP) is 3.42. The Morgan fingerprint density at radius 3 is 2.96 bits per heavy atom. The lowest BCUT2D eigenvalue weighted by Gasteiger charge is -2.09. The van der Waals surface area contributed by atoms with Crippen molar-refractivity contribution in [3.05, 3.63) is 63.9 Å². The zero-order valence-corrected chi connectivity index (χ0v) is 14.2. The van der Waals surface area contributed by atoms with Crippen molar-refractivity contribution in [3.63, 3.8) is 0 Å². The van der Waals surface area contributed by atoms with Gasteiger partial charge in [0.25, 0.3) is 0 Å². The van der Waals surface area contributed by atoms with E-state index in [2.05, 4.69) is 5.32 Å². The van der Waals surface area contributed by atoms with Crippen LogP contribution in [0.15, 0.2) is 50.2 Å². The van der Waals surface area contributed by atoms with E-state index in [1.807, 2.05) is 12.1 Å². The highest BCUT2D eigenvalue weighted by molar-refractivity contribution is 7.98. The maximum absolute atomic E-state index is 11.7. The van der Waals surface area contributed by atoms with Gasteiger partial charge >= 0.3 is 5.63 Å². The number of aryl methyl sites for hydroxylation is 1. The van der Waals surface area contributed by atoms with E-state index in [4.69, 9.17) is 8.83 Å². The van der Waals surface area contributed by atoms with Crippen molar-refractivity contribution < 1.29 is 13.9 Å². The van der Waals surface area contributed by atoms with Crippen LogP contribution in [-0.4, -0.2) is 17.4 Å². The highest BCUT2D eigenvalue weighted by Gasteiger charge is 2.10. The molecule has 0 radical (unpaired) electrons. The molecule has 2 heterocycles. The van der Waals surface area contributed by atoms with E-state index in [-0.39, 0.29) is 5.75 Å². The third-order valence-electron chi connectivity index (χ3n) is 3.78. The zero-order chi connectivity index (χ0) is 16.9. The van der Waals surface area contributed by atoms with Crippen LogP contribution in [0.2, 0.25) is 0 Å². The third-order valence-corrected chi connectivity index (χ3v) is 4.76. The zero-order valence-electron chi connectivity index (χ0n) is 13.4. The summed E-state index contributed by atoms with van der Waals surface area (Å²) in [4.78, 5) is 11.7. The summed E-state index contributed by atoms with van der Waals surface area (Å²) in [7, 11) is 0. The maximum atomic E-state index is 11.7. The molecule has 0 saturated heterocycles. The first-order valence-corrected chi connectivity index (χ1v) is 8.87. The van der Waals surface area contributed by atoms with Crippen LogP contribution in [0.4, 0.5) is 0 Å².